The smallest absolute Gasteiger partial charge is 0.397 e. The highest BCUT2D eigenvalue weighted by Gasteiger charge is 2.50. The van der Waals surface area contributed by atoms with Crippen LogP contribution in [0.25, 0.3) is 0 Å². The Morgan fingerprint density at radius 2 is 1.78 bits per heavy atom. The molecular weight excluding hydrogens is 474 g/mol. The van der Waals surface area contributed by atoms with Crippen molar-refractivity contribution in [3.8, 4) is 11.5 Å². The van der Waals surface area contributed by atoms with E-state index in [0.29, 0.717) is 17.0 Å². The highest BCUT2D eigenvalue weighted by molar-refractivity contribution is 6.07. The molecule has 0 fully saturated rings. The van der Waals surface area contributed by atoms with E-state index >= 15 is 4.39 Å². The van der Waals surface area contributed by atoms with Crippen molar-refractivity contribution in [2.45, 2.75) is 32.1 Å². The number of benzene rings is 3. The van der Waals surface area contributed by atoms with Crippen LogP contribution in [0, 0.1) is 11.7 Å². The minimum atomic E-state index is -4.57. The molecule has 3 N–H and O–H groups in total. The van der Waals surface area contributed by atoms with Crippen LogP contribution in [0.3, 0.4) is 0 Å². The summed E-state index contributed by atoms with van der Waals surface area (Å²) in [7, 11) is 0. The van der Waals surface area contributed by atoms with Crippen molar-refractivity contribution in [1.29, 1.82) is 0 Å². The molecule has 0 saturated carbocycles. The van der Waals surface area contributed by atoms with Crippen molar-refractivity contribution >= 4 is 17.3 Å². The highest BCUT2D eigenvalue weighted by Crippen LogP contribution is 2.43. The Morgan fingerprint density at radius 3 is 2.44 bits per heavy atom. The van der Waals surface area contributed by atoms with Crippen molar-refractivity contribution in [3.05, 3.63) is 96.0 Å². The number of para-hydroxylation sites is 1. The Hall–Kier alpha value is -3.85. The number of carbonyl (C=O) groups excluding carboxylic acids is 1. The maximum Gasteiger partial charge on any atom is 0.397 e. The number of nitrogens with one attached hydrogen (secondary N) is 1. The number of halogens is 4. The largest absolute Gasteiger partial charge is 0.454 e. The molecule has 36 heavy (non-hydrogen) atoms. The topological polar surface area (TPSA) is 67.6 Å². The molecule has 9 heteroatoms. The van der Waals surface area contributed by atoms with E-state index in [0.717, 1.165) is 6.08 Å². The second-order valence-corrected chi connectivity index (χ2v) is 8.33. The van der Waals surface area contributed by atoms with Gasteiger partial charge >= 0.3 is 6.18 Å². The first kappa shape index (κ1) is 25.2. The minimum absolute atomic E-state index is 0.124. The third-order valence-electron chi connectivity index (χ3n) is 5.98. The van der Waals surface area contributed by atoms with Crippen LogP contribution in [0.15, 0.2) is 84.6 Å². The second kappa shape index (κ2) is 10.4. The molecule has 3 aromatic carbocycles. The molecule has 0 aliphatic carbocycles. The van der Waals surface area contributed by atoms with E-state index in [-0.39, 0.29) is 30.1 Å². The average molecular weight is 500 g/mol. The van der Waals surface area contributed by atoms with Crippen LogP contribution in [0.1, 0.15) is 18.9 Å². The van der Waals surface area contributed by atoms with Gasteiger partial charge in [0.2, 0.25) is 0 Å². The maximum absolute atomic E-state index is 15.2. The summed E-state index contributed by atoms with van der Waals surface area (Å²) in [6.45, 7) is 1.81. The molecule has 2 atom stereocenters. The van der Waals surface area contributed by atoms with E-state index in [2.05, 4.69) is 5.32 Å². The van der Waals surface area contributed by atoms with Gasteiger partial charge in [-0.1, -0.05) is 43.3 Å². The third-order valence-corrected chi connectivity index (χ3v) is 5.98. The molecule has 2 unspecified atom stereocenters. The zero-order chi connectivity index (χ0) is 25.9. The van der Waals surface area contributed by atoms with Gasteiger partial charge < -0.3 is 20.7 Å². The Bertz CT molecular complexity index is 1260. The Kier molecular flexibility index (Phi) is 7.30. The highest BCUT2D eigenvalue weighted by atomic mass is 19.4. The fourth-order valence-electron chi connectivity index (χ4n) is 4.29. The van der Waals surface area contributed by atoms with E-state index in [9.17, 15) is 18.0 Å². The lowest BCUT2D eigenvalue weighted by atomic mass is 9.98. The molecule has 1 aliphatic heterocycles. The van der Waals surface area contributed by atoms with Crippen LogP contribution in [0.4, 0.5) is 28.9 Å². The Balaban J connectivity index is 1.67. The van der Waals surface area contributed by atoms with Gasteiger partial charge in [0.05, 0.1) is 11.6 Å². The first-order valence-corrected chi connectivity index (χ1v) is 11.4. The van der Waals surface area contributed by atoms with Crippen LogP contribution in [-0.4, -0.2) is 18.1 Å². The van der Waals surface area contributed by atoms with Crippen molar-refractivity contribution in [1.82, 2.24) is 0 Å². The van der Waals surface area contributed by atoms with Gasteiger partial charge in [-0.2, -0.15) is 13.2 Å². The number of amides is 1. The van der Waals surface area contributed by atoms with E-state index in [4.69, 9.17) is 10.5 Å². The van der Waals surface area contributed by atoms with Crippen LogP contribution in [0.5, 0.6) is 11.5 Å². The minimum Gasteiger partial charge on any atom is -0.454 e. The number of nitrogens with two attached hydrogens (primary N) is 1. The van der Waals surface area contributed by atoms with Crippen LogP contribution in [0.2, 0.25) is 0 Å². The molecule has 0 radical (unpaired) electrons. The quantitative estimate of drug-likeness (QED) is 0.371. The first-order chi connectivity index (χ1) is 17.2. The average Bonchev–Trinajstić information content (AvgIpc) is 3.28. The molecule has 4 rings (SSSR count). The lowest BCUT2D eigenvalue weighted by molar-refractivity contribution is -0.164. The normalized spacial score (nSPS) is 17.6. The third kappa shape index (κ3) is 5.21. The zero-order valence-corrected chi connectivity index (χ0v) is 19.4. The van der Waals surface area contributed by atoms with Crippen LogP contribution >= 0.6 is 0 Å². The van der Waals surface area contributed by atoms with Crippen molar-refractivity contribution in [2.75, 3.05) is 10.2 Å². The van der Waals surface area contributed by atoms with Gasteiger partial charge in [-0.3, -0.25) is 4.79 Å². The molecule has 188 valence electrons. The lowest BCUT2D eigenvalue weighted by Crippen LogP contribution is -2.41. The summed E-state index contributed by atoms with van der Waals surface area (Å²) in [5.74, 6) is -3.32. The van der Waals surface area contributed by atoms with Gasteiger partial charge in [0.25, 0.3) is 5.91 Å². The summed E-state index contributed by atoms with van der Waals surface area (Å²) in [5, 5.41) is 2.43. The number of alkyl halides is 3. The molecular formula is C27H25F4N3O2. The summed E-state index contributed by atoms with van der Waals surface area (Å²) < 4.78 is 62.5. The Labute approximate surface area is 206 Å². The molecule has 3 aromatic rings. The number of anilines is 2. The van der Waals surface area contributed by atoms with Gasteiger partial charge in [0.15, 0.2) is 11.6 Å². The Morgan fingerprint density at radius 1 is 1.06 bits per heavy atom. The zero-order valence-electron chi connectivity index (χ0n) is 19.4. The number of hydrogen-bond donors (Lipinski definition) is 2. The molecule has 1 heterocycles. The van der Waals surface area contributed by atoms with Crippen molar-refractivity contribution in [2.24, 2.45) is 11.7 Å². The SMILES string of the molecule is CCC1C(C(F)(F)F)C=C(C(=O)Nc2cccc(Oc3ccccc3)c2F)N1c1cccc(CN)c1. The van der Waals surface area contributed by atoms with Crippen molar-refractivity contribution < 1.29 is 27.1 Å². The molecule has 5 nitrogen and oxygen atoms in total. The van der Waals surface area contributed by atoms with E-state index in [1.54, 1.807) is 61.5 Å². The first-order valence-electron chi connectivity index (χ1n) is 11.4. The predicted octanol–water partition coefficient (Wildman–Crippen LogP) is 6.38. The molecule has 0 aromatic heterocycles. The number of nitrogens with zero attached hydrogens (tertiary/aromatic N) is 1. The van der Waals surface area contributed by atoms with E-state index in [1.807, 2.05) is 0 Å². The van der Waals surface area contributed by atoms with Gasteiger partial charge in [0, 0.05) is 18.3 Å². The summed E-state index contributed by atoms with van der Waals surface area (Å²) in [6, 6.07) is 18.4. The number of hydrogen-bond acceptors (Lipinski definition) is 4. The summed E-state index contributed by atoms with van der Waals surface area (Å²) in [4.78, 5) is 14.6. The van der Waals surface area contributed by atoms with E-state index < -0.39 is 29.9 Å². The molecule has 0 spiro atoms. The predicted molar refractivity (Wildman–Crippen MR) is 130 cm³/mol. The number of rotatable bonds is 7. The number of ether oxygens (including phenoxy) is 1. The summed E-state index contributed by atoms with van der Waals surface area (Å²) in [5.41, 5.74) is 6.39. The number of carbonyl (C=O) groups is 1. The molecule has 1 amide bonds. The molecule has 0 saturated heterocycles. The van der Waals surface area contributed by atoms with Gasteiger partial charge in [0.1, 0.15) is 11.4 Å². The molecule has 0 bridgehead atoms. The monoisotopic (exact) mass is 499 g/mol. The van der Waals surface area contributed by atoms with E-state index in [1.165, 1.54) is 23.1 Å². The fraction of sp³-hybridized carbons (Fsp3) is 0.222. The maximum atomic E-state index is 15.2. The van der Waals surface area contributed by atoms with Crippen LogP contribution in [-0.2, 0) is 11.3 Å². The van der Waals surface area contributed by atoms with Crippen LogP contribution < -0.4 is 20.7 Å². The standard InChI is InChI=1S/C27H25F4N3O2/c1-2-22-20(27(29,30)31)15-23(34(22)18-9-6-8-17(14-18)16-32)26(35)33-21-12-7-13-24(25(21)28)36-19-10-4-3-5-11-19/h3-15,20,22H,2,16,32H2,1H3,(H,33,35). The summed E-state index contributed by atoms with van der Waals surface area (Å²) in [6.07, 6.45) is -3.54. The fourth-order valence-corrected chi connectivity index (χ4v) is 4.29. The van der Waals surface area contributed by atoms with Gasteiger partial charge in [-0.15, -0.1) is 0 Å². The lowest BCUT2D eigenvalue weighted by Gasteiger charge is -2.32. The van der Waals surface area contributed by atoms with Gasteiger partial charge in [-0.05, 0) is 54.5 Å². The van der Waals surface area contributed by atoms with Crippen molar-refractivity contribution in [3.63, 3.8) is 0 Å². The van der Waals surface area contributed by atoms with Gasteiger partial charge in [-0.25, -0.2) is 4.39 Å². The second-order valence-electron chi connectivity index (χ2n) is 8.33. The summed E-state index contributed by atoms with van der Waals surface area (Å²) >= 11 is 0. The molecule has 1 aliphatic rings.